The highest BCUT2D eigenvalue weighted by molar-refractivity contribution is 6.25. The number of imidazole rings is 1. The second-order valence-electron chi connectivity index (χ2n) is 12.4. The van der Waals surface area contributed by atoms with E-state index in [-0.39, 0.29) is 5.56 Å². The number of rotatable bonds is 3. The maximum Gasteiger partial charge on any atom is 0.267 e. The summed E-state index contributed by atoms with van der Waals surface area (Å²) in [5, 5.41) is 8.24. The molecule has 4 heteroatoms. The molecule has 0 atom stereocenters. The van der Waals surface area contributed by atoms with Gasteiger partial charge >= 0.3 is 0 Å². The van der Waals surface area contributed by atoms with Gasteiger partial charge in [-0.15, -0.1) is 0 Å². The zero-order valence-corrected chi connectivity index (χ0v) is 25.8. The van der Waals surface area contributed by atoms with E-state index in [1.165, 1.54) is 37.9 Å². The first-order chi connectivity index (χ1) is 23.7. The van der Waals surface area contributed by atoms with Gasteiger partial charge in [0, 0.05) is 0 Å². The SMILES string of the molecule is O=c1c2ccc(-c3cccc(-c4ccc5c6ccccc6c6ccccc6c5c4)c3)cc2n2c3ccccc3nc2n1-c1ccccc1. The van der Waals surface area contributed by atoms with Crippen LogP contribution in [0.4, 0.5) is 0 Å². The molecule has 0 bridgehead atoms. The van der Waals surface area contributed by atoms with Crippen LogP contribution < -0.4 is 5.56 Å². The summed E-state index contributed by atoms with van der Waals surface area (Å²) in [5.41, 5.74) is 7.78. The molecule has 0 unspecified atom stereocenters. The van der Waals surface area contributed by atoms with E-state index in [0.717, 1.165) is 38.9 Å². The smallest absolute Gasteiger partial charge is 0.267 e. The summed E-state index contributed by atoms with van der Waals surface area (Å²) in [6, 6.07) is 56.8. The fraction of sp³-hybridized carbons (Fsp3) is 0. The summed E-state index contributed by atoms with van der Waals surface area (Å²) < 4.78 is 3.83. The van der Waals surface area contributed by atoms with Crippen molar-refractivity contribution in [3.8, 4) is 27.9 Å². The molecule has 2 heterocycles. The first kappa shape index (κ1) is 26.7. The molecule has 224 valence electrons. The van der Waals surface area contributed by atoms with Gasteiger partial charge in [-0.2, -0.15) is 0 Å². The molecule has 8 aromatic carbocycles. The summed E-state index contributed by atoms with van der Waals surface area (Å²) in [6.45, 7) is 0. The van der Waals surface area contributed by atoms with E-state index >= 15 is 0 Å². The molecular formula is C44H27N3O. The van der Waals surface area contributed by atoms with Gasteiger partial charge in [-0.3, -0.25) is 9.20 Å². The molecule has 0 aliphatic heterocycles. The summed E-state index contributed by atoms with van der Waals surface area (Å²) in [7, 11) is 0. The van der Waals surface area contributed by atoms with Gasteiger partial charge < -0.3 is 0 Å². The Bertz CT molecular complexity index is 2940. The minimum absolute atomic E-state index is 0.0878. The van der Waals surface area contributed by atoms with Gasteiger partial charge in [-0.05, 0) is 103 Å². The molecule has 0 amide bonds. The molecule has 0 N–H and O–H groups in total. The Morgan fingerprint density at radius 2 is 0.938 bits per heavy atom. The maximum absolute atomic E-state index is 14.1. The lowest BCUT2D eigenvalue weighted by Gasteiger charge is -2.14. The maximum atomic E-state index is 14.1. The third-order valence-corrected chi connectivity index (χ3v) is 9.70. The second-order valence-corrected chi connectivity index (χ2v) is 12.4. The summed E-state index contributed by atoms with van der Waals surface area (Å²) in [6.07, 6.45) is 0. The Kier molecular flexibility index (Phi) is 5.69. The fourth-order valence-corrected chi connectivity index (χ4v) is 7.46. The van der Waals surface area contributed by atoms with Crippen molar-refractivity contribution in [1.82, 2.24) is 14.0 Å². The topological polar surface area (TPSA) is 39.3 Å². The predicted octanol–water partition coefficient (Wildman–Crippen LogP) is 10.6. The van der Waals surface area contributed by atoms with E-state index in [1.807, 2.05) is 54.6 Å². The second kappa shape index (κ2) is 10.2. The number of fused-ring (bicyclic) bond motifs is 11. The Balaban J connectivity index is 1.17. The standard InChI is InChI=1S/C44H27N3O/c48-43-38-24-22-31(27-42(38)47-41-20-9-8-19-40(41)45-44(47)46(43)32-13-2-1-3-14-32)29-12-10-11-28(25-29)30-21-23-37-35-17-5-4-15-33(35)34-16-6-7-18-36(34)39(37)26-30/h1-27H. The normalized spacial score (nSPS) is 11.8. The average molecular weight is 614 g/mol. The number of para-hydroxylation sites is 3. The highest BCUT2D eigenvalue weighted by atomic mass is 16.1. The van der Waals surface area contributed by atoms with Crippen LogP contribution >= 0.6 is 0 Å². The zero-order valence-electron chi connectivity index (χ0n) is 25.8. The number of hydrogen-bond donors (Lipinski definition) is 0. The molecule has 10 rings (SSSR count). The van der Waals surface area contributed by atoms with E-state index in [2.05, 4.69) is 114 Å². The van der Waals surface area contributed by atoms with Crippen LogP contribution in [0.2, 0.25) is 0 Å². The number of benzene rings is 8. The van der Waals surface area contributed by atoms with Crippen LogP contribution in [0.25, 0.3) is 88.0 Å². The molecule has 0 saturated heterocycles. The molecule has 0 aliphatic carbocycles. The van der Waals surface area contributed by atoms with Crippen molar-refractivity contribution in [2.75, 3.05) is 0 Å². The van der Waals surface area contributed by atoms with Crippen molar-refractivity contribution < 1.29 is 0 Å². The van der Waals surface area contributed by atoms with Crippen molar-refractivity contribution in [3.63, 3.8) is 0 Å². The fourth-order valence-electron chi connectivity index (χ4n) is 7.46. The van der Waals surface area contributed by atoms with Crippen LogP contribution in [0.1, 0.15) is 0 Å². The highest BCUT2D eigenvalue weighted by Crippen LogP contribution is 2.38. The van der Waals surface area contributed by atoms with Gasteiger partial charge in [-0.1, -0.05) is 115 Å². The highest BCUT2D eigenvalue weighted by Gasteiger charge is 2.18. The van der Waals surface area contributed by atoms with Crippen LogP contribution in [0, 0.1) is 0 Å². The van der Waals surface area contributed by atoms with Crippen LogP contribution in [-0.4, -0.2) is 14.0 Å². The van der Waals surface area contributed by atoms with Gasteiger partial charge in [0.15, 0.2) is 0 Å². The molecule has 0 aliphatic rings. The zero-order chi connectivity index (χ0) is 31.8. The van der Waals surface area contributed by atoms with Crippen LogP contribution in [0.5, 0.6) is 0 Å². The van der Waals surface area contributed by atoms with Crippen molar-refractivity contribution in [2.24, 2.45) is 0 Å². The minimum atomic E-state index is -0.0878. The average Bonchev–Trinajstić information content (AvgIpc) is 3.54. The van der Waals surface area contributed by atoms with E-state index < -0.39 is 0 Å². The van der Waals surface area contributed by atoms with Gasteiger partial charge in [0.25, 0.3) is 5.56 Å². The molecule has 10 aromatic rings. The Morgan fingerprint density at radius 1 is 0.396 bits per heavy atom. The van der Waals surface area contributed by atoms with Crippen LogP contribution in [0.3, 0.4) is 0 Å². The Labute approximate surface area is 275 Å². The lowest BCUT2D eigenvalue weighted by atomic mass is 9.91. The quantitative estimate of drug-likeness (QED) is 0.186. The van der Waals surface area contributed by atoms with E-state index in [1.54, 1.807) is 4.57 Å². The summed E-state index contributed by atoms with van der Waals surface area (Å²) in [4.78, 5) is 19.0. The molecule has 0 radical (unpaired) electrons. The molecular weight excluding hydrogens is 587 g/mol. The van der Waals surface area contributed by atoms with Gasteiger partial charge in [0.2, 0.25) is 5.78 Å². The van der Waals surface area contributed by atoms with Crippen LogP contribution in [-0.2, 0) is 0 Å². The molecule has 0 fully saturated rings. The first-order valence-electron chi connectivity index (χ1n) is 16.2. The lowest BCUT2D eigenvalue weighted by molar-refractivity contribution is 0.983. The predicted molar refractivity (Wildman–Crippen MR) is 199 cm³/mol. The molecule has 0 spiro atoms. The number of aromatic nitrogens is 3. The van der Waals surface area contributed by atoms with Crippen molar-refractivity contribution >= 4 is 60.0 Å². The van der Waals surface area contributed by atoms with E-state index in [4.69, 9.17) is 4.98 Å². The van der Waals surface area contributed by atoms with Gasteiger partial charge in [0.1, 0.15) is 0 Å². The molecule has 2 aromatic heterocycles. The van der Waals surface area contributed by atoms with E-state index in [0.29, 0.717) is 11.2 Å². The molecule has 4 nitrogen and oxygen atoms in total. The largest absolute Gasteiger partial charge is 0.277 e. The first-order valence-corrected chi connectivity index (χ1v) is 16.2. The summed E-state index contributed by atoms with van der Waals surface area (Å²) >= 11 is 0. The van der Waals surface area contributed by atoms with Gasteiger partial charge in [-0.25, -0.2) is 9.55 Å². The monoisotopic (exact) mass is 613 g/mol. The third-order valence-electron chi connectivity index (χ3n) is 9.70. The summed E-state index contributed by atoms with van der Waals surface area (Å²) in [5.74, 6) is 0.599. The number of nitrogens with zero attached hydrogens (tertiary/aromatic N) is 3. The van der Waals surface area contributed by atoms with Crippen molar-refractivity contribution in [3.05, 3.63) is 174 Å². The lowest BCUT2D eigenvalue weighted by Crippen LogP contribution is -2.21. The molecule has 48 heavy (non-hydrogen) atoms. The van der Waals surface area contributed by atoms with Crippen LogP contribution in [0.15, 0.2) is 169 Å². The van der Waals surface area contributed by atoms with Crippen molar-refractivity contribution in [1.29, 1.82) is 0 Å². The third kappa shape index (κ3) is 3.90. The van der Waals surface area contributed by atoms with Crippen molar-refractivity contribution in [2.45, 2.75) is 0 Å². The Hall–Kier alpha value is -6.52. The molecule has 0 saturated carbocycles. The number of hydrogen-bond acceptors (Lipinski definition) is 2. The minimum Gasteiger partial charge on any atom is -0.277 e. The van der Waals surface area contributed by atoms with Gasteiger partial charge in [0.05, 0.1) is 27.6 Å². The Morgan fingerprint density at radius 3 is 1.65 bits per heavy atom. The van der Waals surface area contributed by atoms with E-state index in [9.17, 15) is 4.79 Å².